The molecule has 3 rings (SSSR count). The molecule has 0 aliphatic carbocycles. The van der Waals surface area contributed by atoms with Crippen LogP contribution in [-0.4, -0.2) is 31.7 Å². The Morgan fingerprint density at radius 1 is 1.04 bits per heavy atom. The molecule has 1 saturated heterocycles. The van der Waals surface area contributed by atoms with Gasteiger partial charge in [0.15, 0.2) is 0 Å². The normalized spacial score (nSPS) is 15.2. The number of rotatable bonds is 5. The second-order valence-corrected chi connectivity index (χ2v) is 8.95. The van der Waals surface area contributed by atoms with E-state index in [1.165, 1.54) is 4.31 Å². The summed E-state index contributed by atoms with van der Waals surface area (Å²) in [6, 6.07) is 11.3. The summed E-state index contributed by atoms with van der Waals surface area (Å²) in [5, 5.41) is 3.55. The zero-order valence-corrected chi connectivity index (χ0v) is 16.2. The molecule has 0 bridgehead atoms. The number of sulfonamides is 1. The monoisotopic (exact) mass is 412 g/mol. The predicted octanol–water partition coefficient (Wildman–Crippen LogP) is 4.17. The summed E-state index contributed by atoms with van der Waals surface area (Å²) in [5.41, 5.74) is 1.47. The maximum atomic E-state index is 12.4. The van der Waals surface area contributed by atoms with Crippen LogP contribution in [0.25, 0.3) is 0 Å². The van der Waals surface area contributed by atoms with Crippen molar-refractivity contribution in [1.29, 1.82) is 0 Å². The smallest absolute Gasteiger partial charge is 0.255 e. The number of anilines is 1. The first-order valence-electron chi connectivity index (χ1n) is 8.18. The summed E-state index contributed by atoms with van der Waals surface area (Å²) < 4.78 is 26.2. The second kappa shape index (κ2) is 7.96. The van der Waals surface area contributed by atoms with Gasteiger partial charge in [-0.25, -0.2) is 12.7 Å². The molecule has 2 aromatic carbocycles. The molecule has 1 aliphatic heterocycles. The summed E-state index contributed by atoms with van der Waals surface area (Å²) in [4.78, 5) is 12.3. The van der Waals surface area contributed by atoms with E-state index in [1.807, 2.05) is 0 Å². The molecule has 0 radical (unpaired) electrons. The van der Waals surface area contributed by atoms with Gasteiger partial charge in [0.2, 0.25) is 10.0 Å². The van der Waals surface area contributed by atoms with Gasteiger partial charge in [0.1, 0.15) is 0 Å². The van der Waals surface area contributed by atoms with E-state index in [-0.39, 0.29) is 11.7 Å². The number of benzene rings is 2. The molecule has 1 aliphatic rings. The lowest BCUT2D eigenvalue weighted by molar-refractivity contribution is 0.102. The van der Waals surface area contributed by atoms with E-state index < -0.39 is 10.0 Å². The zero-order chi connectivity index (χ0) is 18.7. The number of hydrogen-bond donors (Lipinski definition) is 1. The van der Waals surface area contributed by atoms with Crippen molar-refractivity contribution in [2.45, 2.75) is 18.6 Å². The first-order chi connectivity index (χ1) is 12.3. The Hall–Kier alpha value is -1.60. The number of amides is 1. The summed E-state index contributed by atoms with van der Waals surface area (Å²) in [6.07, 6.45) is 1.81. The molecule has 138 valence electrons. The van der Waals surface area contributed by atoms with Gasteiger partial charge in [-0.1, -0.05) is 35.3 Å². The number of carbonyl (C=O) groups excluding carboxylic acids is 1. The maximum absolute atomic E-state index is 12.4. The van der Waals surface area contributed by atoms with Gasteiger partial charge in [0.05, 0.1) is 16.5 Å². The fourth-order valence-electron chi connectivity index (χ4n) is 2.81. The van der Waals surface area contributed by atoms with Crippen molar-refractivity contribution in [3.63, 3.8) is 0 Å². The molecule has 1 amide bonds. The van der Waals surface area contributed by atoms with Crippen LogP contribution in [0.1, 0.15) is 28.8 Å². The van der Waals surface area contributed by atoms with Crippen molar-refractivity contribution in [2.24, 2.45) is 0 Å². The van der Waals surface area contributed by atoms with Gasteiger partial charge < -0.3 is 5.32 Å². The second-order valence-electron chi connectivity index (χ2n) is 6.14. The minimum atomic E-state index is -3.30. The highest BCUT2D eigenvalue weighted by molar-refractivity contribution is 7.88. The van der Waals surface area contributed by atoms with Crippen LogP contribution in [-0.2, 0) is 15.8 Å². The maximum Gasteiger partial charge on any atom is 0.255 e. The van der Waals surface area contributed by atoms with Gasteiger partial charge in [-0.05, 0) is 48.7 Å². The molecule has 0 aromatic heterocycles. The lowest BCUT2D eigenvalue weighted by Crippen LogP contribution is -2.29. The van der Waals surface area contributed by atoms with Crippen molar-refractivity contribution in [3.8, 4) is 0 Å². The largest absolute Gasteiger partial charge is 0.321 e. The standard InChI is InChI=1S/C18H18Cl2N2O3S/c19-15-7-8-16(20)17(11-15)21-18(23)14-5-3-13(4-6-14)12-26(24,25)22-9-1-2-10-22/h3-8,11H,1-2,9-10,12H2,(H,21,23). The Balaban J connectivity index is 1.69. The van der Waals surface area contributed by atoms with E-state index in [2.05, 4.69) is 5.32 Å². The van der Waals surface area contributed by atoms with E-state index in [4.69, 9.17) is 23.2 Å². The van der Waals surface area contributed by atoms with Crippen molar-refractivity contribution in [2.75, 3.05) is 18.4 Å². The zero-order valence-electron chi connectivity index (χ0n) is 13.9. The topological polar surface area (TPSA) is 66.5 Å². The van der Waals surface area contributed by atoms with Crippen LogP contribution < -0.4 is 5.32 Å². The Morgan fingerprint density at radius 3 is 2.35 bits per heavy atom. The van der Waals surface area contributed by atoms with Gasteiger partial charge in [-0.2, -0.15) is 0 Å². The summed E-state index contributed by atoms with van der Waals surface area (Å²) in [5.74, 6) is -0.405. The average molecular weight is 413 g/mol. The third-order valence-corrected chi connectivity index (χ3v) is 6.61. The van der Waals surface area contributed by atoms with Crippen molar-refractivity contribution in [3.05, 3.63) is 63.6 Å². The molecular weight excluding hydrogens is 395 g/mol. The number of nitrogens with one attached hydrogen (secondary N) is 1. The fourth-order valence-corrected chi connectivity index (χ4v) is 4.76. The summed E-state index contributed by atoms with van der Waals surface area (Å²) in [7, 11) is -3.30. The number of carbonyl (C=O) groups is 1. The van der Waals surface area contributed by atoms with Crippen LogP contribution in [0.15, 0.2) is 42.5 Å². The van der Waals surface area contributed by atoms with E-state index in [1.54, 1.807) is 42.5 Å². The van der Waals surface area contributed by atoms with Gasteiger partial charge in [0.25, 0.3) is 5.91 Å². The highest BCUT2D eigenvalue weighted by Gasteiger charge is 2.25. The van der Waals surface area contributed by atoms with Gasteiger partial charge in [-0.3, -0.25) is 4.79 Å². The Morgan fingerprint density at radius 2 is 1.69 bits per heavy atom. The minimum absolute atomic E-state index is 0.0605. The number of hydrogen-bond acceptors (Lipinski definition) is 3. The summed E-state index contributed by atoms with van der Waals surface area (Å²) in [6.45, 7) is 1.17. The van der Waals surface area contributed by atoms with Crippen LogP contribution in [0, 0.1) is 0 Å². The molecule has 0 saturated carbocycles. The molecule has 0 spiro atoms. The first kappa shape index (κ1) is 19.2. The molecule has 1 N–H and O–H groups in total. The molecule has 0 atom stereocenters. The summed E-state index contributed by atoms with van der Waals surface area (Å²) >= 11 is 12.0. The van der Waals surface area contributed by atoms with Crippen molar-refractivity contribution in [1.82, 2.24) is 4.31 Å². The Kier molecular flexibility index (Phi) is 5.87. The molecule has 5 nitrogen and oxygen atoms in total. The number of nitrogens with zero attached hydrogens (tertiary/aromatic N) is 1. The lowest BCUT2D eigenvalue weighted by Gasteiger charge is -2.15. The lowest BCUT2D eigenvalue weighted by atomic mass is 10.1. The van der Waals surface area contributed by atoms with E-state index in [9.17, 15) is 13.2 Å². The molecule has 2 aromatic rings. The number of halogens is 2. The van der Waals surface area contributed by atoms with Crippen LogP contribution >= 0.6 is 23.2 Å². The SMILES string of the molecule is O=C(Nc1cc(Cl)ccc1Cl)c1ccc(CS(=O)(=O)N2CCCC2)cc1. The highest BCUT2D eigenvalue weighted by Crippen LogP contribution is 2.26. The quantitative estimate of drug-likeness (QED) is 0.800. The third kappa shape index (κ3) is 4.57. The van der Waals surface area contributed by atoms with Gasteiger partial charge in [-0.15, -0.1) is 0 Å². The molecule has 8 heteroatoms. The first-order valence-corrected chi connectivity index (χ1v) is 10.5. The molecule has 0 unspecified atom stereocenters. The predicted molar refractivity (Wildman–Crippen MR) is 104 cm³/mol. The van der Waals surface area contributed by atoms with Crippen molar-refractivity contribution >= 4 is 44.8 Å². The van der Waals surface area contributed by atoms with E-state index >= 15 is 0 Å². The van der Waals surface area contributed by atoms with Gasteiger partial charge >= 0.3 is 0 Å². The molecule has 26 heavy (non-hydrogen) atoms. The van der Waals surface area contributed by atoms with Crippen LogP contribution in [0.2, 0.25) is 10.0 Å². The Bertz CT molecular complexity index is 909. The fraction of sp³-hybridized carbons (Fsp3) is 0.278. The molecule has 1 fully saturated rings. The van der Waals surface area contributed by atoms with Crippen LogP contribution in [0.5, 0.6) is 0 Å². The van der Waals surface area contributed by atoms with Crippen molar-refractivity contribution < 1.29 is 13.2 Å². The Labute approximate surface area is 163 Å². The highest BCUT2D eigenvalue weighted by atomic mass is 35.5. The van der Waals surface area contributed by atoms with Crippen LogP contribution in [0.4, 0.5) is 5.69 Å². The third-order valence-electron chi connectivity index (χ3n) is 4.20. The minimum Gasteiger partial charge on any atom is -0.321 e. The van der Waals surface area contributed by atoms with E-state index in [0.29, 0.717) is 39.9 Å². The average Bonchev–Trinajstić information content (AvgIpc) is 3.14. The van der Waals surface area contributed by atoms with Crippen LogP contribution in [0.3, 0.4) is 0 Å². The molecular formula is C18H18Cl2N2O3S. The molecule has 1 heterocycles. The van der Waals surface area contributed by atoms with E-state index in [0.717, 1.165) is 12.8 Å². The van der Waals surface area contributed by atoms with Gasteiger partial charge in [0, 0.05) is 23.7 Å².